The Balaban J connectivity index is 1.48. The summed E-state index contributed by atoms with van der Waals surface area (Å²) in [4.78, 5) is 34.3. The summed E-state index contributed by atoms with van der Waals surface area (Å²) in [6, 6.07) is 12.4. The number of benzene rings is 2. The average molecular weight is 491 g/mol. The largest absolute Gasteiger partial charge is 0.497 e. The molecule has 4 rings (SSSR count). The van der Waals surface area contributed by atoms with Crippen LogP contribution < -0.4 is 31.2 Å². The fourth-order valence-electron chi connectivity index (χ4n) is 4.03. The third-order valence-electron chi connectivity index (χ3n) is 6.00. The smallest absolute Gasteiger partial charge is 0.274 e. The number of ether oxygens (including phenoxy) is 2. The van der Waals surface area contributed by atoms with Crippen LogP contribution in [0.25, 0.3) is 11.3 Å². The molecule has 0 aliphatic carbocycles. The number of methoxy groups -OCH3 is 2. The molecule has 1 saturated heterocycles. The monoisotopic (exact) mass is 490 g/mol. The molecule has 1 aliphatic rings. The molecular formula is C26H30N6O4. The van der Waals surface area contributed by atoms with Crippen molar-refractivity contribution < 1.29 is 19.1 Å². The van der Waals surface area contributed by atoms with Crippen LogP contribution in [0.15, 0.2) is 48.7 Å². The second-order valence-corrected chi connectivity index (χ2v) is 8.45. The SMILES string of the molecule is COc1ccc(CNC(=O)c2cccc(-c3cnc(N)c(C(=O)NC4CCCNC4)n3)c2)c(OC)c1. The summed E-state index contributed by atoms with van der Waals surface area (Å²) >= 11 is 0. The molecule has 0 saturated carbocycles. The molecule has 10 nitrogen and oxygen atoms in total. The van der Waals surface area contributed by atoms with Gasteiger partial charge in [0.05, 0.1) is 26.1 Å². The summed E-state index contributed by atoms with van der Waals surface area (Å²) in [7, 11) is 3.15. The van der Waals surface area contributed by atoms with E-state index in [1.807, 2.05) is 12.1 Å². The fraction of sp³-hybridized carbons (Fsp3) is 0.308. The molecule has 10 heteroatoms. The van der Waals surface area contributed by atoms with Crippen molar-refractivity contribution in [3.8, 4) is 22.8 Å². The van der Waals surface area contributed by atoms with Gasteiger partial charge < -0.3 is 31.2 Å². The molecule has 0 bridgehead atoms. The zero-order chi connectivity index (χ0) is 25.5. The van der Waals surface area contributed by atoms with Crippen LogP contribution >= 0.6 is 0 Å². The number of nitrogens with one attached hydrogen (secondary N) is 3. The molecule has 1 fully saturated rings. The quantitative estimate of drug-likeness (QED) is 0.377. The van der Waals surface area contributed by atoms with Gasteiger partial charge in [0, 0.05) is 41.9 Å². The van der Waals surface area contributed by atoms with Crippen molar-refractivity contribution in [1.29, 1.82) is 0 Å². The second kappa shape index (κ2) is 11.5. The lowest BCUT2D eigenvalue weighted by Gasteiger charge is -2.23. The van der Waals surface area contributed by atoms with Crippen LogP contribution in [0.4, 0.5) is 5.82 Å². The zero-order valence-corrected chi connectivity index (χ0v) is 20.3. The van der Waals surface area contributed by atoms with E-state index in [1.165, 1.54) is 6.20 Å². The molecule has 188 valence electrons. The summed E-state index contributed by atoms with van der Waals surface area (Å²) in [5.74, 6) is 0.721. The van der Waals surface area contributed by atoms with Crippen LogP contribution in [0.3, 0.4) is 0 Å². The van der Waals surface area contributed by atoms with E-state index >= 15 is 0 Å². The number of hydrogen-bond acceptors (Lipinski definition) is 8. The Labute approximate surface area is 209 Å². The van der Waals surface area contributed by atoms with Gasteiger partial charge in [-0.2, -0.15) is 0 Å². The number of hydrogen-bond donors (Lipinski definition) is 4. The van der Waals surface area contributed by atoms with Crippen LogP contribution in [-0.2, 0) is 6.54 Å². The second-order valence-electron chi connectivity index (χ2n) is 8.45. The number of nitrogen functional groups attached to an aromatic ring is 1. The Kier molecular flexibility index (Phi) is 7.96. The van der Waals surface area contributed by atoms with Crippen LogP contribution in [0.1, 0.15) is 39.3 Å². The highest BCUT2D eigenvalue weighted by Gasteiger charge is 2.20. The maximum Gasteiger partial charge on any atom is 0.274 e. The predicted octanol–water partition coefficient (Wildman–Crippen LogP) is 2.15. The van der Waals surface area contributed by atoms with E-state index in [2.05, 4.69) is 25.9 Å². The Hall–Kier alpha value is -4.18. The Morgan fingerprint density at radius 2 is 2.00 bits per heavy atom. The van der Waals surface area contributed by atoms with E-state index < -0.39 is 0 Å². The lowest BCUT2D eigenvalue weighted by atomic mass is 10.1. The molecule has 1 unspecified atom stereocenters. The summed E-state index contributed by atoms with van der Waals surface area (Å²) in [5.41, 5.74) is 8.37. The standard InChI is InChI=1S/C26H30N6O4/c1-35-20-9-8-18(22(12-20)36-2)13-30-25(33)17-6-3-5-16(11-17)21-15-29-24(27)23(32-21)26(34)31-19-7-4-10-28-14-19/h3,5-6,8-9,11-12,15,19,28H,4,7,10,13-14H2,1-2H3,(H2,27,29)(H,30,33)(H,31,34). The van der Waals surface area contributed by atoms with E-state index in [1.54, 1.807) is 44.6 Å². The molecular weight excluding hydrogens is 460 g/mol. The van der Waals surface area contributed by atoms with Crippen molar-refractivity contribution in [1.82, 2.24) is 25.9 Å². The summed E-state index contributed by atoms with van der Waals surface area (Å²) in [6.07, 6.45) is 3.38. The van der Waals surface area contributed by atoms with Gasteiger partial charge in [0.2, 0.25) is 0 Å². The van der Waals surface area contributed by atoms with Gasteiger partial charge in [0.15, 0.2) is 11.5 Å². The normalized spacial score (nSPS) is 15.1. The number of rotatable bonds is 8. The van der Waals surface area contributed by atoms with E-state index in [4.69, 9.17) is 15.2 Å². The highest BCUT2D eigenvalue weighted by atomic mass is 16.5. The number of carbonyl (C=O) groups is 2. The predicted molar refractivity (Wildman–Crippen MR) is 136 cm³/mol. The number of anilines is 1. The Bertz CT molecular complexity index is 1240. The lowest BCUT2D eigenvalue weighted by molar-refractivity contribution is 0.0923. The topological polar surface area (TPSA) is 140 Å². The van der Waals surface area contributed by atoms with E-state index in [-0.39, 0.29) is 35.9 Å². The molecule has 0 radical (unpaired) electrons. The third kappa shape index (κ3) is 5.89. The van der Waals surface area contributed by atoms with Crippen LogP contribution in [0.2, 0.25) is 0 Å². The van der Waals surface area contributed by atoms with Crippen LogP contribution in [0.5, 0.6) is 11.5 Å². The van der Waals surface area contributed by atoms with Crippen LogP contribution in [0, 0.1) is 0 Å². The summed E-state index contributed by atoms with van der Waals surface area (Å²) in [6.45, 7) is 1.93. The summed E-state index contributed by atoms with van der Waals surface area (Å²) < 4.78 is 10.6. The molecule has 1 aliphatic heterocycles. The molecule has 1 atom stereocenters. The molecule has 0 spiro atoms. The molecule has 36 heavy (non-hydrogen) atoms. The molecule has 2 heterocycles. The van der Waals surface area contributed by atoms with Crippen molar-refractivity contribution in [2.75, 3.05) is 33.0 Å². The minimum absolute atomic E-state index is 0.0208. The van der Waals surface area contributed by atoms with E-state index in [9.17, 15) is 9.59 Å². The van der Waals surface area contributed by atoms with Gasteiger partial charge >= 0.3 is 0 Å². The maximum atomic E-state index is 12.9. The van der Waals surface area contributed by atoms with Crippen molar-refractivity contribution in [3.05, 3.63) is 65.5 Å². The van der Waals surface area contributed by atoms with Crippen LogP contribution in [-0.4, -0.2) is 55.1 Å². The first-order chi connectivity index (χ1) is 17.5. The van der Waals surface area contributed by atoms with Crippen molar-refractivity contribution in [2.45, 2.75) is 25.4 Å². The van der Waals surface area contributed by atoms with Gasteiger partial charge in [-0.15, -0.1) is 0 Å². The lowest BCUT2D eigenvalue weighted by Crippen LogP contribution is -2.46. The average Bonchev–Trinajstić information content (AvgIpc) is 2.92. The first-order valence-corrected chi connectivity index (χ1v) is 11.7. The molecule has 5 N–H and O–H groups in total. The first kappa shape index (κ1) is 24.9. The van der Waals surface area contributed by atoms with Gasteiger partial charge in [-0.05, 0) is 43.7 Å². The molecule has 1 aromatic heterocycles. The van der Waals surface area contributed by atoms with E-state index in [0.717, 1.165) is 24.9 Å². The number of piperidine rings is 1. The molecule has 2 aromatic carbocycles. The minimum Gasteiger partial charge on any atom is -0.497 e. The number of nitrogens with two attached hydrogens (primary N) is 1. The van der Waals surface area contributed by atoms with Crippen molar-refractivity contribution in [2.24, 2.45) is 0 Å². The molecule has 3 aromatic rings. The fourth-order valence-corrected chi connectivity index (χ4v) is 4.03. The minimum atomic E-state index is -0.363. The van der Waals surface area contributed by atoms with Crippen molar-refractivity contribution >= 4 is 17.6 Å². The van der Waals surface area contributed by atoms with Crippen molar-refractivity contribution in [3.63, 3.8) is 0 Å². The number of nitrogens with zero attached hydrogens (tertiary/aromatic N) is 2. The molecule has 2 amide bonds. The maximum absolute atomic E-state index is 12.9. The Morgan fingerprint density at radius 1 is 1.14 bits per heavy atom. The third-order valence-corrected chi connectivity index (χ3v) is 6.00. The van der Waals surface area contributed by atoms with Gasteiger partial charge in [-0.1, -0.05) is 12.1 Å². The number of amides is 2. The van der Waals surface area contributed by atoms with Gasteiger partial charge in [-0.3, -0.25) is 9.59 Å². The van der Waals surface area contributed by atoms with Gasteiger partial charge in [-0.25, -0.2) is 9.97 Å². The number of aromatic nitrogens is 2. The number of carbonyl (C=O) groups excluding carboxylic acids is 2. The highest BCUT2D eigenvalue weighted by molar-refractivity contribution is 5.97. The summed E-state index contributed by atoms with van der Waals surface area (Å²) in [5, 5.41) is 9.13. The van der Waals surface area contributed by atoms with Gasteiger partial charge in [0.1, 0.15) is 11.5 Å². The van der Waals surface area contributed by atoms with Gasteiger partial charge in [0.25, 0.3) is 11.8 Å². The zero-order valence-electron chi connectivity index (χ0n) is 20.3. The van der Waals surface area contributed by atoms with E-state index in [0.29, 0.717) is 34.9 Å². The highest BCUT2D eigenvalue weighted by Crippen LogP contribution is 2.25. The Morgan fingerprint density at radius 3 is 2.75 bits per heavy atom. The first-order valence-electron chi connectivity index (χ1n) is 11.7.